The van der Waals surface area contributed by atoms with E-state index in [1.165, 1.54) is 0 Å². The number of rotatable bonds is 6. The van der Waals surface area contributed by atoms with Gasteiger partial charge in [-0.3, -0.25) is 4.98 Å². The fraction of sp³-hybridized carbons (Fsp3) is 0.267. The van der Waals surface area contributed by atoms with Gasteiger partial charge in [0.2, 0.25) is 0 Å². The average Bonchev–Trinajstić information content (AvgIpc) is 2.44. The minimum atomic E-state index is 0.579. The number of benzene rings is 1. The normalized spacial score (nSPS) is 10.6. The van der Waals surface area contributed by atoms with Crippen molar-refractivity contribution in [1.29, 1.82) is 0 Å². The quantitative estimate of drug-likeness (QED) is 0.757. The summed E-state index contributed by atoms with van der Waals surface area (Å²) in [5.74, 6) is 1.35. The molecule has 0 saturated heterocycles. The molecule has 106 valence electrons. The highest BCUT2D eigenvalue weighted by molar-refractivity contribution is 9.10. The lowest BCUT2D eigenvalue weighted by molar-refractivity contribution is 0.480. The molecule has 3 nitrogen and oxygen atoms in total. The molecular formula is C15H16BrClN2O. The molecule has 0 radical (unpaired) electrons. The Morgan fingerprint density at radius 1 is 1.30 bits per heavy atom. The van der Waals surface area contributed by atoms with E-state index in [0.717, 1.165) is 35.4 Å². The highest BCUT2D eigenvalue weighted by Gasteiger charge is 2.05. The van der Waals surface area contributed by atoms with Crippen LogP contribution >= 0.6 is 27.5 Å². The minimum absolute atomic E-state index is 0.579. The maximum absolute atomic E-state index is 6.11. The van der Waals surface area contributed by atoms with Crippen molar-refractivity contribution in [3.63, 3.8) is 0 Å². The van der Waals surface area contributed by atoms with Crippen molar-refractivity contribution in [1.82, 2.24) is 10.3 Å². The molecule has 20 heavy (non-hydrogen) atoms. The molecule has 0 spiro atoms. The van der Waals surface area contributed by atoms with Gasteiger partial charge in [0, 0.05) is 23.3 Å². The molecule has 0 aliphatic carbocycles. The monoisotopic (exact) mass is 354 g/mol. The smallest absolute Gasteiger partial charge is 0.147 e. The van der Waals surface area contributed by atoms with Crippen LogP contribution in [-0.2, 0) is 6.54 Å². The summed E-state index contributed by atoms with van der Waals surface area (Å²) < 4.78 is 6.73. The molecular weight excluding hydrogens is 340 g/mol. The van der Waals surface area contributed by atoms with E-state index in [1.54, 1.807) is 12.3 Å². The van der Waals surface area contributed by atoms with Gasteiger partial charge in [0.05, 0.1) is 10.7 Å². The van der Waals surface area contributed by atoms with Gasteiger partial charge in [-0.1, -0.05) is 34.5 Å². The summed E-state index contributed by atoms with van der Waals surface area (Å²) in [6.07, 6.45) is 2.84. The van der Waals surface area contributed by atoms with Crippen LogP contribution in [0.3, 0.4) is 0 Å². The van der Waals surface area contributed by atoms with E-state index in [4.69, 9.17) is 16.3 Å². The van der Waals surface area contributed by atoms with Crippen LogP contribution in [-0.4, -0.2) is 11.5 Å². The van der Waals surface area contributed by atoms with Gasteiger partial charge in [0.15, 0.2) is 0 Å². The molecule has 2 aromatic rings. The number of aromatic nitrogens is 1. The van der Waals surface area contributed by atoms with Crippen LogP contribution in [0, 0.1) is 0 Å². The Kier molecular flexibility index (Phi) is 5.83. The van der Waals surface area contributed by atoms with Crippen molar-refractivity contribution < 1.29 is 4.74 Å². The first kappa shape index (κ1) is 15.3. The summed E-state index contributed by atoms with van der Waals surface area (Å²) >= 11 is 9.52. The fourth-order valence-electron chi connectivity index (χ4n) is 1.69. The van der Waals surface area contributed by atoms with Crippen LogP contribution in [0.1, 0.15) is 19.0 Å². The van der Waals surface area contributed by atoms with Gasteiger partial charge in [-0.25, -0.2) is 0 Å². The molecule has 0 bridgehead atoms. The second-order valence-corrected chi connectivity index (χ2v) is 5.66. The molecule has 5 heteroatoms. The standard InChI is InChI=1S/C15H16BrClN2O/c1-2-6-18-10-12-9-13(5-7-19-12)20-15-8-11(16)3-4-14(15)17/h3-5,7-9,18H,2,6,10H2,1H3. The van der Waals surface area contributed by atoms with Crippen LogP contribution in [0.15, 0.2) is 41.0 Å². The molecule has 0 atom stereocenters. The van der Waals surface area contributed by atoms with Gasteiger partial charge in [-0.05, 0) is 37.2 Å². The van der Waals surface area contributed by atoms with E-state index in [-0.39, 0.29) is 0 Å². The van der Waals surface area contributed by atoms with Crippen molar-refractivity contribution in [3.8, 4) is 11.5 Å². The summed E-state index contributed by atoms with van der Waals surface area (Å²) in [4.78, 5) is 4.31. The van der Waals surface area contributed by atoms with Gasteiger partial charge in [0.25, 0.3) is 0 Å². The molecule has 0 unspecified atom stereocenters. The summed E-state index contributed by atoms with van der Waals surface area (Å²) in [6.45, 7) is 3.84. The Morgan fingerprint density at radius 3 is 2.95 bits per heavy atom. The fourth-order valence-corrected chi connectivity index (χ4v) is 2.19. The minimum Gasteiger partial charge on any atom is -0.456 e. The lowest BCUT2D eigenvalue weighted by Crippen LogP contribution is -2.14. The number of hydrogen-bond donors (Lipinski definition) is 1. The van der Waals surface area contributed by atoms with E-state index in [1.807, 2.05) is 24.3 Å². The van der Waals surface area contributed by atoms with Crippen molar-refractivity contribution >= 4 is 27.5 Å². The molecule has 1 aromatic carbocycles. The third kappa shape index (κ3) is 4.47. The van der Waals surface area contributed by atoms with E-state index in [2.05, 4.69) is 33.2 Å². The van der Waals surface area contributed by atoms with E-state index in [0.29, 0.717) is 10.8 Å². The first-order valence-corrected chi connectivity index (χ1v) is 7.64. The molecule has 0 saturated carbocycles. The number of halogens is 2. The van der Waals surface area contributed by atoms with Crippen molar-refractivity contribution in [2.45, 2.75) is 19.9 Å². The van der Waals surface area contributed by atoms with E-state index in [9.17, 15) is 0 Å². The third-order valence-corrected chi connectivity index (χ3v) is 3.45. The third-order valence-electron chi connectivity index (χ3n) is 2.64. The molecule has 0 amide bonds. The predicted molar refractivity (Wildman–Crippen MR) is 85.5 cm³/mol. The topological polar surface area (TPSA) is 34.1 Å². The molecule has 0 aliphatic rings. The maximum atomic E-state index is 6.11. The van der Waals surface area contributed by atoms with Crippen molar-refractivity contribution in [3.05, 3.63) is 51.7 Å². The Balaban J connectivity index is 2.09. The van der Waals surface area contributed by atoms with Crippen LogP contribution in [0.25, 0.3) is 0 Å². The highest BCUT2D eigenvalue weighted by atomic mass is 79.9. The molecule has 1 N–H and O–H groups in total. The van der Waals surface area contributed by atoms with Crippen LogP contribution in [0.2, 0.25) is 5.02 Å². The van der Waals surface area contributed by atoms with E-state index < -0.39 is 0 Å². The summed E-state index contributed by atoms with van der Waals surface area (Å²) in [6, 6.07) is 9.26. The first-order valence-electron chi connectivity index (χ1n) is 6.47. The molecule has 1 heterocycles. The molecule has 0 aliphatic heterocycles. The Morgan fingerprint density at radius 2 is 2.15 bits per heavy atom. The summed E-state index contributed by atoms with van der Waals surface area (Å²) in [5.41, 5.74) is 0.946. The highest BCUT2D eigenvalue weighted by Crippen LogP contribution is 2.31. The van der Waals surface area contributed by atoms with Crippen LogP contribution in [0.4, 0.5) is 0 Å². The zero-order valence-electron chi connectivity index (χ0n) is 11.2. The summed E-state index contributed by atoms with van der Waals surface area (Å²) in [7, 11) is 0. The second kappa shape index (κ2) is 7.62. The van der Waals surface area contributed by atoms with Gasteiger partial charge in [-0.15, -0.1) is 0 Å². The van der Waals surface area contributed by atoms with Gasteiger partial charge in [0.1, 0.15) is 11.5 Å². The zero-order valence-corrected chi connectivity index (χ0v) is 13.5. The van der Waals surface area contributed by atoms with Gasteiger partial charge >= 0.3 is 0 Å². The van der Waals surface area contributed by atoms with Gasteiger partial charge < -0.3 is 10.1 Å². The SMILES string of the molecule is CCCNCc1cc(Oc2cc(Br)ccc2Cl)ccn1. The second-order valence-electron chi connectivity index (χ2n) is 4.34. The van der Waals surface area contributed by atoms with Crippen molar-refractivity contribution in [2.24, 2.45) is 0 Å². The average molecular weight is 356 g/mol. The number of nitrogens with zero attached hydrogens (tertiary/aromatic N) is 1. The summed E-state index contributed by atoms with van der Waals surface area (Å²) in [5, 5.41) is 3.89. The van der Waals surface area contributed by atoms with Gasteiger partial charge in [-0.2, -0.15) is 0 Å². The van der Waals surface area contributed by atoms with Crippen LogP contribution < -0.4 is 10.1 Å². The number of pyridine rings is 1. The Hall–Kier alpha value is -1.10. The van der Waals surface area contributed by atoms with Crippen LogP contribution in [0.5, 0.6) is 11.5 Å². The maximum Gasteiger partial charge on any atom is 0.147 e. The first-order chi connectivity index (χ1) is 9.69. The Labute approximate surface area is 132 Å². The lowest BCUT2D eigenvalue weighted by Gasteiger charge is -2.09. The lowest BCUT2D eigenvalue weighted by atomic mass is 10.3. The number of hydrogen-bond acceptors (Lipinski definition) is 3. The Bertz CT molecular complexity index is 578. The number of ether oxygens (including phenoxy) is 1. The molecule has 0 fully saturated rings. The predicted octanol–water partition coefficient (Wildman–Crippen LogP) is 4.79. The zero-order chi connectivity index (χ0) is 14.4. The van der Waals surface area contributed by atoms with E-state index >= 15 is 0 Å². The number of nitrogens with one attached hydrogen (secondary N) is 1. The molecule has 1 aromatic heterocycles. The van der Waals surface area contributed by atoms with Crippen molar-refractivity contribution in [2.75, 3.05) is 6.54 Å². The largest absolute Gasteiger partial charge is 0.456 e. The molecule has 2 rings (SSSR count).